The fourth-order valence-corrected chi connectivity index (χ4v) is 2.16. The molecule has 0 radical (unpaired) electrons. The van der Waals surface area contributed by atoms with Crippen molar-refractivity contribution < 1.29 is 0 Å². The Morgan fingerprint density at radius 2 is 2.20 bits per heavy atom. The molecule has 0 aromatic heterocycles. The Kier molecular flexibility index (Phi) is 1.46. The second-order valence-electron chi connectivity index (χ2n) is 3.75. The molecule has 0 spiro atoms. The highest BCUT2D eigenvalue weighted by atomic mass is 15.2. The Labute approximate surface area is 62.4 Å². The molecule has 2 fully saturated rings. The summed E-state index contributed by atoms with van der Waals surface area (Å²) in [5.74, 6) is 0.840. The van der Waals surface area contributed by atoms with E-state index in [1.165, 1.54) is 25.8 Å². The van der Waals surface area contributed by atoms with Gasteiger partial charge in [0.1, 0.15) is 0 Å². The third-order valence-corrected chi connectivity index (χ3v) is 2.96. The van der Waals surface area contributed by atoms with E-state index in [1.54, 1.807) is 0 Å². The molecule has 1 heterocycles. The number of likely N-dealkylation sites (tertiary alicyclic amines) is 1. The van der Waals surface area contributed by atoms with Crippen molar-refractivity contribution in [3.8, 4) is 0 Å². The fourth-order valence-electron chi connectivity index (χ4n) is 2.16. The van der Waals surface area contributed by atoms with Gasteiger partial charge < -0.3 is 10.6 Å². The molecule has 2 aliphatic rings. The molecule has 1 aliphatic heterocycles. The first kappa shape index (κ1) is 6.62. The van der Waals surface area contributed by atoms with Crippen LogP contribution >= 0.6 is 0 Å². The molecule has 3 unspecified atom stereocenters. The van der Waals surface area contributed by atoms with Crippen LogP contribution in [0.25, 0.3) is 0 Å². The van der Waals surface area contributed by atoms with Crippen molar-refractivity contribution >= 4 is 0 Å². The van der Waals surface area contributed by atoms with Gasteiger partial charge in [-0.1, -0.05) is 0 Å². The molecule has 58 valence electrons. The molecule has 2 N–H and O–H groups in total. The van der Waals surface area contributed by atoms with E-state index in [0.29, 0.717) is 6.04 Å². The SMILES string of the molecule is CN1CCCC1C1CC1N. The zero-order chi connectivity index (χ0) is 7.14. The molecule has 0 aromatic rings. The molecule has 2 rings (SSSR count). The summed E-state index contributed by atoms with van der Waals surface area (Å²) in [7, 11) is 2.22. The van der Waals surface area contributed by atoms with Crippen LogP contribution in [0.5, 0.6) is 0 Å². The van der Waals surface area contributed by atoms with Gasteiger partial charge in [-0.2, -0.15) is 0 Å². The van der Waals surface area contributed by atoms with E-state index in [4.69, 9.17) is 5.73 Å². The summed E-state index contributed by atoms with van der Waals surface area (Å²) in [4.78, 5) is 2.47. The summed E-state index contributed by atoms with van der Waals surface area (Å²) >= 11 is 0. The highest BCUT2D eigenvalue weighted by Crippen LogP contribution is 2.38. The summed E-state index contributed by atoms with van der Waals surface area (Å²) in [5.41, 5.74) is 5.78. The van der Waals surface area contributed by atoms with E-state index in [9.17, 15) is 0 Å². The second kappa shape index (κ2) is 2.21. The van der Waals surface area contributed by atoms with Crippen molar-refractivity contribution in [2.45, 2.75) is 31.3 Å². The van der Waals surface area contributed by atoms with E-state index >= 15 is 0 Å². The zero-order valence-corrected chi connectivity index (χ0v) is 6.59. The summed E-state index contributed by atoms with van der Waals surface area (Å²) < 4.78 is 0. The minimum Gasteiger partial charge on any atom is -0.327 e. The van der Waals surface area contributed by atoms with Gasteiger partial charge in [0.25, 0.3) is 0 Å². The van der Waals surface area contributed by atoms with Gasteiger partial charge in [0, 0.05) is 12.1 Å². The maximum absolute atomic E-state index is 5.78. The monoisotopic (exact) mass is 140 g/mol. The van der Waals surface area contributed by atoms with Crippen LogP contribution in [0, 0.1) is 5.92 Å². The lowest BCUT2D eigenvalue weighted by molar-refractivity contribution is 0.280. The minimum absolute atomic E-state index is 0.533. The van der Waals surface area contributed by atoms with Gasteiger partial charge in [-0.25, -0.2) is 0 Å². The van der Waals surface area contributed by atoms with Gasteiger partial charge in [0.15, 0.2) is 0 Å². The molecule has 2 heteroatoms. The van der Waals surface area contributed by atoms with Crippen LogP contribution in [0.2, 0.25) is 0 Å². The second-order valence-corrected chi connectivity index (χ2v) is 3.75. The Hall–Kier alpha value is -0.0800. The van der Waals surface area contributed by atoms with E-state index < -0.39 is 0 Å². The molecule has 0 amide bonds. The van der Waals surface area contributed by atoms with Crippen LogP contribution in [0.3, 0.4) is 0 Å². The summed E-state index contributed by atoms with van der Waals surface area (Å²) in [6.45, 7) is 1.29. The number of hydrogen-bond acceptors (Lipinski definition) is 2. The maximum Gasteiger partial charge on any atom is 0.0136 e. The lowest BCUT2D eigenvalue weighted by Gasteiger charge is -2.18. The quantitative estimate of drug-likeness (QED) is 0.572. The Balaban J connectivity index is 1.92. The summed E-state index contributed by atoms with van der Waals surface area (Å²) in [6.07, 6.45) is 4.04. The highest BCUT2D eigenvalue weighted by molar-refractivity contribution is 5.00. The first-order valence-electron chi connectivity index (χ1n) is 4.25. The molecule has 3 atom stereocenters. The molecule has 1 saturated carbocycles. The van der Waals surface area contributed by atoms with Gasteiger partial charge in [0.2, 0.25) is 0 Å². The topological polar surface area (TPSA) is 29.3 Å². The normalized spacial score (nSPS) is 48.0. The summed E-state index contributed by atoms with van der Waals surface area (Å²) in [5, 5.41) is 0. The fraction of sp³-hybridized carbons (Fsp3) is 1.00. The third-order valence-electron chi connectivity index (χ3n) is 2.96. The molecule has 10 heavy (non-hydrogen) atoms. The van der Waals surface area contributed by atoms with Gasteiger partial charge in [0.05, 0.1) is 0 Å². The van der Waals surface area contributed by atoms with Crippen LogP contribution in [-0.4, -0.2) is 30.6 Å². The van der Waals surface area contributed by atoms with Gasteiger partial charge in [-0.15, -0.1) is 0 Å². The Morgan fingerprint density at radius 1 is 1.50 bits per heavy atom. The van der Waals surface area contributed by atoms with Gasteiger partial charge in [-0.3, -0.25) is 0 Å². The predicted octanol–water partition coefficient (Wildman–Crippen LogP) is 0.428. The molecular weight excluding hydrogens is 124 g/mol. The van der Waals surface area contributed by atoms with Crippen LogP contribution < -0.4 is 5.73 Å². The van der Waals surface area contributed by atoms with E-state index in [2.05, 4.69) is 11.9 Å². The number of nitrogens with zero attached hydrogens (tertiary/aromatic N) is 1. The molecule has 0 aromatic carbocycles. The number of rotatable bonds is 1. The number of hydrogen-bond donors (Lipinski definition) is 1. The lowest BCUT2D eigenvalue weighted by atomic mass is 10.1. The first-order chi connectivity index (χ1) is 4.79. The van der Waals surface area contributed by atoms with Crippen molar-refractivity contribution in [3.63, 3.8) is 0 Å². The van der Waals surface area contributed by atoms with Crippen molar-refractivity contribution in [1.82, 2.24) is 4.90 Å². The standard InChI is InChI=1S/C8H16N2/c1-10-4-2-3-8(10)6-5-7(6)9/h6-8H,2-5,9H2,1H3. The van der Waals surface area contributed by atoms with E-state index in [-0.39, 0.29) is 0 Å². The Morgan fingerprint density at radius 3 is 2.60 bits per heavy atom. The maximum atomic E-state index is 5.78. The minimum atomic E-state index is 0.533. The largest absolute Gasteiger partial charge is 0.327 e. The zero-order valence-electron chi connectivity index (χ0n) is 6.59. The molecule has 2 nitrogen and oxygen atoms in total. The average molecular weight is 140 g/mol. The van der Waals surface area contributed by atoms with Crippen molar-refractivity contribution in [1.29, 1.82) is 0 Å². The van der Waals surface area contributed by atoms with Gasteiger partial charge in [-0.05, 0) is 38.8 Å². The van der Waals surface area contributed by atoms with Crippen LogP contribution in [-0.2, 0) is 0 Å². The van der Waals surface area contributed by atoms with Crippen LogP contribution in [0.15, 0.2) is 0 Å². The molecule has 1 aliphatic carbocycles. The van der Waals surface area contributed by atoms with Crippen LogP contribution in [0.1, 0.15) is 19.3 Å². The summed E-state index contributed by atoms with van der Waals surface area (Å²) in [6, 6.07) is 1.36. The molecule has 1 saturated heterocycles. The number of nitrogens with two attached hydrogens (primary N) is 1. The van der Waals surface area contributed by atoms with E-state index in [1.807, 2.05) is 0 Å². The lowest BCUT2D eigenvalue weighted by Crippen LogP contribution is -2.29. The first-order valence-corrected chi connectivity index (χ1v) is 4.25. The van der Waals surface area contributed by atoms with Crippen LogP contribution in [0.4, 0.5) is 0 Å². The van der Waals surface area contributed by atoms with Crippen molar-refractivity contribution in [2.75, 3.05) is 13.6 Å². The molecule has 0 bridgehead atoms. The molecular formula is C8H16N2. The van der Waals surface area contributed by atoms with E-state index in [0.717, 1.165) is 12.0 Å². The van der Waals surface area contributed by atoms with Crippen molar-refractivity contribution in [3.05, 3.63) is 0 Å². The highest BCUT2D eigenvalue weighted by Gasteiger charge is 2.43. The average Bonchev–Trinajstić information content (AvgIpc) is 2.42. The Bertz CT molecular complexity index is 135. The van der Waals surface area contributed by atoms with Gasteiger partial charge >= 0.3 is 0 Å². The third kappa shape index (κ3) is 0.956. The predicted molar refractivity (Wildman–Crippen MR) is 41.7 cm³/mol. The van der Waals surface area contributed by atoms with Crippen molar-refractivity contribution in [2.24, 2.45) is 11.7 Å². The smallest absolute Gasteiger partial charge is 0.0136 e.